The fourth-order valence-corrected chi connectivity index (χ4v) is 5.99. The number of nitrogens with zero attached hydrogens (tertiary/aromatic N) is 1. The van der Waals surface area contributed by atoms with E-state index in [0.717, 1.165) is 57.9 Å². The Hall–Kier alpha value is -3.75. The van der Waals surface area contributed by atoms with Crippen LogP contribution in [0.1, 0.15) is 68.2 Å². The van der Waals surface area contributed by atoms with Gasteiger partial charge in [0.25, 0.3) is 0 Å². The van der Waals surface area contributed by atoms with Crippen molar-refractivity contribution in [2.45, 2.75) is 84.4 Å². The molecular weight excluding hydrogens is 558 g/mol. The quantitative estimate of drug-likeness (QED) is 0.260. The molecule has 2 aliphatic heterocycles. The van der Waals surface area contributed by atoms with E-state index >= 15 is 0 Å². The predicted molar refractivity (Wildman–Crippen MR) is 169 cm³/mol. The molecule has 1 N–H and O–H groups in total. The monoisotopic (exact) mass is 603 g/mol. The Morgan fingerprint density at radius 3 is 2.43 bits per heavy atom. The number of carbonyl (C=O) groups excluding carboxylic acids is 1. The van der Waals surface area contributed by atoms with Crippen molar-refractivity contribution in [3.05, 3.63) is 76.9 Å². The number of aliphatic hydroxyl groups excluding tert-OH is 1. The van der Waals surface area contributed by atoms with Crippen molar-refractivity contribution < 1.29 is 33.6 Å². The van der Waals surface area contributed by atoms with Crippen molar-refractivity contribution in [1.82, 2.24) is 4.90 Å². The second kappa shape index (κ2) is 13.5. The molecule has 0 radical (unpaired) electrons. The van der Waals surface area contributed by atoms with E-state index in [2.05, 4.69) is 50.2 Å². The molecule has 236 valence electrons. The number of amides is 1. The number of piperidine rings is 1. The number of aliphatic hydroxyl groups is 1. The van der Waals surface area contributed by atoms with Crippen molar-refractivity contribution in [2.75, 3.05) is 26.8 Å². The summed E-state index contributed by atoms with van der Waals surface area (Å²) in [6, 6.07) is 18.5. The lowest BCUT2D eigenvalue weighted by Crippen LogP contribution is -2.44. The lowest BCUT2D eigenvalue weighted by atomic mass is 9.94. The number of fused-ring (bicyclic) bond motifs is 1. The number of hydrogen-bond acceptors (Lipinski definition) is 7. The van der Waals surface area contributed by atoms with E-state index in [9.17, 15) is 9.90 Å². The lowest BCUT2D eigenvalue weighted by Gasteiger charge is -2.33. The molecule has 0 saturated carbocycles. The molecule has 0 aliphatic carbocycles. The van der Waals surface area contributed by atoms with E-state index in [1.165, 1.54) is 12.7 Å². The van der Waals surface area contributed by atoms with Crippen molar-refractivity contribution in [3.8, 4) is 28.4 Å². The molecule has 44 heavy (non-hydrogen) atoms. The number of carbonyl (C=O) groups is 1. The molecule has 5 rings (SSSR count). The van der Waals surface area contributed by atoms with Crippen molar-refractivity contribution >= 4 is 6.09 Å². The summed E-state index contributed by atoms with van der Waals surface area (Å²) in [5, 5.41) is 9.85. The molecule has 1 amide bonds. The Labute approximate surface area is 260 Å². The summed E-state index contributed by atoms with van der Waals surface area (Å²) in [6.45, 7) is 12.1. The van der Waals surface area contributed by atoms with Crippen molar-refractivity contribution in [2.24, 2.45) is 0 Å². The first kappa shape index (κ1) is 31.7. The number of aryl methyl sites for hydroxylation is 2. The SMILES string of the molecule is COC(O)C[C@@H]1COc2cc(OCc3cccc(-c4c(C)cc(OC5CCN(C(=O)OC(C)(C)C)CC5)cc4C)c3)ccc21. The molecule has 2 atom stereocenters. The maximum Gasteiger partial charge on any atom is 0.410 e. The third-order valence-electron chi connectivity index (χ3n) is 8.15. The molecule has 0 aromatic heterocycles. The van der Waals surface area contributed by atoms with Gasteiger partial charge in [-0.05, 0) is 86.7 Å². The Morgan fingerprint density at radius 2 is 1.75 bits per heavy atom. The van der Waals surface area contributed by atoms with Gasteiger partial charge >= 0.3 is 6.09 Å². The van der Waals surface area contributed by atoms with E-state index < -0.39 is 11.9 Å². The van der Waals surface area contributed by atoms with Crippen LogP contribution in [0.25, 0.3) is 11.1 Å². The van der Waals surface area contributed by atoms with Gasteiger partial charge < -0.3 is 33.7 Å². The Balaban J connectivity index is 1.19. The van der Waals surface area contributed by atoms with Crippen LogP contribution in [-0.4, -0.2) is 60.9 Å². The molecule has 3 aromatic rings. The maximum absolute atomic E-state index is 12.4. The summed E-state index contributed by atoms with van der Waals surface area (Å²) in [6.07, 6.45) is 1.05. The Bertz CT molecular complexity index is 1430. The van der Waals surface area contributed by atoms with Gasteiger partial charge in [-0.25, -0.2) is 4.79 Å². The molecule has 1 saturated heterocycles. The second-order valence-electron chi connectivity index (χ2n) is 12.8. The summed E-state index contributed by atoms with van der Waals surface area (Å²) in [7, 11) is 1.50. The van der Waals surface area contributed by atoms with Crippen LogP contribution in [0.4, 0.5) is 4.79 Å². The first-order valence-corrected chi connectivity index (χ1v) is 15.4. The molecule has 3 aromatic carbocycles. The van der Waals surface area contributed by atoms with E-state index in [0.29, 0.717) is 32.7 Å². The van der Waals surface area contributed by atoms with Crippen LogP contribution in [0, 0.1) is 13.8 Å². The number of benzene rings is 3. The molecule has 1 unspecified atom stereocenters. The van der Waals surface area contributed by atoms with Crippen LogP contribution >= 0.6 is 0 Å². The fraction of sp³-hybridized carbons (Fsp3) is 0.472. The van der Waals surface area contributed by atoms with Crippen LogP contribution in [0.3, 0.4) is 0 Å². The summed E-state index contributed by atoms with van der Waals surface area (Å²) in [4.78, 5) is 14.2. The number of rotatable bonds is 9. The molecule has 2 aliphatic rings. The molecule has 0 bridgehead atoms. The average Bonchev–Trinajstić information content (AvgIpc) is 3.37. The summed E-state index contributed by atoms with van der Waals surface area (Å²) < 4.78 is 28.9. The first-order valence-electron chi connectivity index (χ1n) is 15.4. The average molecular weight is 604 g/mol. The predicted octanol–water partition coefficient (Wildman–Crippen LogP) is 7.16. The minimum atomic E-state index is -0.801. The number of hydrogen-bond donors (Lipinski definition) is 1. The largest absolute Gasteiger partial charge is 0.493 e. The van der Waals surface area contributed by atoms with E-state index in [4.69, 9.17) is 23.7 Å². The van der Waals surface area contributed by atoms with E-state index in [1.54, 1.807) is 4.90 Å². The molecule has 0 spiro atoms. The van der Waals surface area contributed by atoms with Gasteiger partial charge in [-0.3, -0.25) is 0 Å². The smallest absolute Gasteiger partial charge is 0.410 e. The highest BCUT2D eigenvalue weighted by atomic mass is 16.6. The molecule has 2 heterocycles. The summed E-state index contributed by atoms with van der Waals surface area (Å²) in [5.74, 6) is 2.50. The minimum absolute atomic E-state index is 0.0614. The van der Waals surface area contributed by atoms with Gasteiger partial charge in [0.2, 0.25) is 0 Å². The zero-order chi connectivity index (χ0) is 31.4. The molecular formula is C36H45NO7. The van der Waals surface area contributed by atoms with Gasteiger partial charge in [0.05, 0.1) is 6.61 Å². The number of ether oxygens (including phenoxy) is 5. The van der Waals surface area contributed by atoms with Gasteiger partial charge in [-0.1, -0.05) is 24.3 Å². The standard InChI is InChI=1S/C36H45NO7/c1-23-16-30(43-28-12-14-37(15-13-28)35(39)44-36(3,4)5)17-24(2)34(23)26-9-7-8-25(18-26)21-41-29-10-11-31-27(19-33(38)40-6)22-42-32(31)20-29/h7-11,16-18,20,27-28,33,38H,12-15,19,21-22H2,1-6H3/t27-,33?/m1/s1. The van der Waals surface area contributed by atoms with Crippen LogP contribution in [0.2, 0.25) is 0 Å². The third-order valence-corrected chi connectivity index (χ3v) is 8.15. The molecule has 8 nitrogen and oxygen atoms in total. The van der Waals surface area contributed by atoms with Crippen LogP contribution < -0.4 is 14.2 Å². The van der Waals surface area contributed by atoms with Crippen LogP contribution in [0.15, 0.2) is 54.6 Å². The van der Waals surface area contributed by atoms with Gasteiger partial charge in [-0.15, -0.1) is 0 Å². The molecule has 1 fully saturated rings. The Kier molecular flexibility index (Phi) is 9.71. The second-order valence-corrected chi connectivity index (χ2v) is 12.8. The molecule has 8 heteroatoms. The fourth-order valence-electron chi connectivity index (χ4n) is 5.99. The zero-order valence-electron chi connectivity index (χ0n) is 26.7. The summed E-state index contributed by atoms with van der Waals surface area (Å²) >= 11 is 0. The topological polar surface area (TPSA) is 86.7 Å². The first-order chi connectivity index (χ1) is 21.0. The van der Waals surface area contributed by atoms with Crippen LogP contribution in [0.5, 0.6) is 17.2 Å². The highest BCUT2D eigenvalue weighted by molar-refractivity contribution is 5.72. The highest BCUT2D eigenvalue weighted by Gasteiger charge is 2.28. The van der Waals surface area contributed by atoms with E-state index in [1.807, 2.05) is 39.0 Å². The van der Waals surface area contributed by atoms with E-state index in [-0.39, 0.29) is 18.1 Å². The minimum Gasteiger partial charge on any atom is -0.493 e. The number of likely N-dealkylation sites (tertiary alicyclic amines) is 1. The lowest BCUT2D eigenvalue weighted by molar-refractivity contribution is -0.0826. The van der Waals surface area contributed by atoms with Gasteiger partial charge in [0.15, 0.2) is 6.29 Å². The van der Waals surface area contributed by atoms with Crippen molar-refractivity contribution in [1.29, 1.82) is 0 Å². The zero-order valence-corrected chi connectivity index (χ0v) is 26.7. The highest BCUT2D eigenvalue weighted by Crippen LogP contribution is 2.39. The summed E-state index contributed by atoms with van der Waals surface area (Å²) in [5.41, 5.74) is 6.26. The van der Waals surface area contributed by atoms with Gasteiger partial charge in [0, 0.05) is 57.0 Å². The van der Waals surface area contributed by atoms with Crippen LogP contribution in [-0.2, 0) is 16.1 Å². The third kappa shape index (κ3) is 7.85. The maximum atomic E-state index is 12.4. The normalized spacial score (nSPS) is 17.5. The van der Waals surface area contributed by atoms with Gasteiger partial charge in [-0.2, -0.15) is 0 Å². The Morgan fingerprint density at radius 1 is 1.02 bits per heavy atom. The number of methoxy groups -OCH3 is 1. The van der Waals surface area contributed by atoms with Gasteiger partial charge in [0.1, 0.15) is 35.6 Å². The van der Waals surface area contributed by atoms with Crippen molar-refractivity contribution in [3.63, 3.8) is 0 Å².